The van der Waals surface area contributed by atoms with Gasteiger partial charge in [0, 0.05) is 45.2 Å². The minimum atomic E-state index is 0.510. The van der Waals surface area contributed by atoms with E-state index in [1.54, 1.807) is 0 Å². The van der Waals surface area contributed by atoms with Crippen LogP contribution in [0.15, 0.2) is 9.52 Å². The van der Waals surface area contributed by atoms with Gasteiger partial charge < -0.3 is 15.2 Å². The highest BCUT2D eigenvalue weighted by atomic mass is 16.5. The lowest BCUT2D eigenvalue weighted by Crippen LogP contribution is -2.45. The molecule has 7 nitrogen and oxygen atoms in total. The summed E-state index contributed by atoms with van der Waals surface area (Å²) in [5.41, 5.74) is 0. The SMILES string of the molecule is CN=C(NCCCc1nc(C)no1)NC1CCN(C2CCCC2)C1. The fraction of sp³-hybridized carbons (Fsp3) is 0.824. The first-order valence-corrected chi connectivity index (χ1v) is 9.25. The molecule has 0 radical (unpaired) electrons. The van der Waals surface area contributed by atoms with Crippen LogP contribution in [0.25, 0.3) is 0 Å². The van der Waals surface area contributed by atoms with Gasteiger partial charge in [-0.2, -0.15) is 4.98 Å². The third-order valence-electron chi connectivity index (χ3n) is 5.05. The van der Waals surface area contributed by atoms with E-state index < -0.39 is 0 Å². The molecule has 0 aromatic carbocycles. The zero-order chi connectivity index (χ0) is 16.8. The first-order valence-electron chi connectivity index (χ1n) is 9.25. The summed E-state index contributed by atoms with van der Waals surface area (Å²) in [7, 11) is 1.83. The third-order valence-corrected chi connectivity index (χ3v) is 5.05. The van der Waals surface area contributed by atoms with Gasteiger partial charge in [0.1, 0.15) is 0 Å². The van der Waals surface area contributed by atoms with Crippen LogP contribution in [0.2, 0.25) is 0 Å². The largest absolute Gasteiger partial charge is 0.356 e. The number of hydrogen-bond donors (Lipinski definition) is 2. The maximum Gasteiger partial charge on any atom is 0.226 e. The molecule has 0 bridgehead atoms. The Kier molecular flexibility index (Phi) is 6.07. The number of hydrogen-bond acceptors (Lipinski definition) is 5. The van der Waals surface area contributed by atoms with Crippen LogP contribution < -0.4 is 10.6 Å². The molecule has 2 heterocycles. The standard InChI is InChI=1S/C17H30N6O/c1-13-20-16(24-22-13)8-5-10-19-17(18-2)21-14-9-11-23(12-14)15-6-3-4-7-15/h14-15H,3-12H2,1-2H3,(H2,18,19,21). The highest BCUT2D eigenvalue weighted by Crippen LogP contribution is 2.26. The van der Waals surface area contributed by atoms with E-state index in [1.807, 2.05) is 14.0 Å². The van der Waals surface area contributed by atoms with Crippen molar-refractivity contribution in [1.29, 1.82) is 0 Å². The van der Waals surface area contributed by atoms with Crippen LogP contribution >= 0.6 is 0 Å². The topological polar surface area (TPSA) is 78.6 Å². The molecule has 1 saturated carbocycles. The highest BCUT2D eigenvalue weighted by Gasteiger charge is 2.30. The average molecular weight is 334 g/mol. The second-order valence-corrected chi connectivity index (χ2v) is 6.90. The quantitative estimate of drug-likeness (QED) is 0.466. The Balaban J connectivity index is 1.34. The first kappa shape index (κ1) is 17.2. The molecule has 134 valence electrons. The molecule has 0 amide bonds. The third kappa shape index (κ3) is 4.69. The van der Waals surface area contributed by atoms with Crippen molar-refractivity contribution in [3.63, 3.8) is 0 Å². The van der Waals surface area contributed by atoms with E-state index in [0.29, 0.717) is 17.8 Å². The predicted octanol–water partition coefficient (Wildman–Crippen LogP) is 1.49. The Hall–Kier alpha value is -1.63. The number of guanidine groups is 1. The number of rotatable bonds is 6. The Morgan fingerprint density at radius 2 is 2.17 bits per heavy atom. The maximum absolute atomic E-state index is 5.13. The van der Waals surface area contributed by atoms with Gasteiger partial charge in [0.05, 0.1) is 0 Å². The number of nitrogens with one attached hydrogen (secondary N) is 2. The van der Waals surface area contributed by atoms with Gasteiger partial charge in [0.2, 0.25) is 5.89 Å². The monoisotopic (exact) mass is 334 g/mol. The van der Waals surface area contributed by atoms with Gasteiger partial charge in [0.25, 0.3) is 0 Å². The molecule has 24 heavy (non-hydrogen) atoms. The van der Waals surface area contributed by atoms with E-state index in [1.165, 1.54) is 38.6 Å². The average Bonchev–Trinajstić information content (AvgIpc) is 3.31. The highest BCUT2D eigenvalue weighted by molar-refractivity contribution is 5.79. The molecule has 7 heteroatoms. The molecular formula is C17H30N6O. The van der Waals surface area contributed by atoms with Gasteiger partial charge in [0.15, 0.2) is 11.8 Å². The normalized spacial score (nSPS) is 23.1. The van der Waals surface area contributed by atoms with Gasteiger partial charge in [-0.1, -0.05) is 18.0 Å². The van der Waals surface area contributed by atoms with Crippen LogP contribution in [0.4, 0.5) is 0 Å². The fourth-order valence-corrected chi connectivity index (χ4v) is 3.78. The zero-order valence-corrected chi connectivity index (χ0v) is 14.9. The summed E-state index contributed by atoms with van der Waals surface area (Å²) >= 11 is 0. The molecule has 1 aliphatic carbocycles. The van der Waals surface area contributed by atoms with Crippen LogP contribution in [0, 0.1) is 6.92 Å². The van der Waals surface area contributed by atoms with Crippen molar-refractivity contribution < 1.29 is 4.52 Å². The summed E-state index contributed by atoms with van der Waals surface area (Å²) in [6.45, 7) is 5.05. The zero-order valence-electron chi connectivity index (χ0n) is 14.9. The number of nitrogens with zero attached hydrogens (tertiary/aromatic N) is 4. The summed E-state index contributed by atoms with van der Waals surface area (Å²) < 4.78 is 5.13. The molecule has 3 rings (SSSR count). The van der Waals surface area contributed by atoms with E-state index in [9.17, 15) is 0 Å². The summed E-state index contributed by atoms with van der Waals surface area (Å²) in [5, 5.41) is 10.8. The van der Waals surface area contributed by atoms with E-state index in [0.717, 1.165) is 37.9 Å². The van der Waals surface area contributed by atoms with E-state index in [-0.39, 0.29) is 0 Å². The van der Waals surface area contributed by atoms with Gasteiger partial charge in [-0.25, -0.2) is 0 Å². The molecule has 0 spiro atoms. The van der Waals surface area contributed by atoms with E-state index >= 15 is 0 Å². The van der Waals surface area contributed by atoms with Gasteiger partial charge in [-0.15, -0.1) is 0 Å². The molecule has 2 aliphatic rings. The fourth-order valence-electron chi connectivity index (χ4n) is 3.78. The van der Waals surface area contributed by atoms with Gasteiger partial charge >= 0.3 is 0 Å². The number of aromatic nitrogens is 2. The van der Waals surface area contributed by atoms with Gasteiger partial charge in [-0.05, 0) is 32.6 Å². The summed E-state index contributed by atoms with van der Waals surface area (Å²) in [5.74, 6) is 2.30. The molecule has 1 aliphatic heterocycles. The van der Waals surface area contributed by atoms with Crippen molar-refractivity contribution in [3.8, 4) is 0 Å². The van der Waals surface area contributed by atoms with Crippen LogP contribution in [0.5, 0.6) is 0 Å². The van der Waals surface area contributed by atoms with Crippen LogP contribution in [0.1, 0.15) is 50.2 Å². The molecule has 1 aromatic heterocycles. The van der Waals surface area contributed by atoms with E-state index in [2.05, 4.69) is 30.7 Å². The second-order valence-electron chi connectivity index (χ2n) is 6.90. The smallest absolute Gasteiger partial charge is 0.226 e. The predicted molar refractivity (Wildman–Crippen MR) is 94.1 cm³/mol. The molecule has 1 saturated heterocycles. The Bertz CT molecular complexity index is 537. The first-order chi connectivity index (χ1) is 11.7. The van der Waals surface area contributed by atoms with Crippen LogP contribution in [0.3, 0.4) is 0 Å². The summed E-state index contributed by atoms with van der Waals surface area (Å²) in [6.07, 6.45) is 8.52. The molecule has 1 aromatic rings. The molecule has 1 atom stereocenters. The number of aliphatic imine (C=N–C) groups is 1. The minimum Gasteiger partial charge on any atom is -0.356 e. The Labute approximate surface area is 144 Å². The van der Waals surface area contributed by atoms with Crippen molar-refractivity contribution in [3.05, 3.63) is 11.7 Å². The summed E-state index contributed by atoms with van der Waals surface area (Å²) in [6, 6.07) is 1.33. The van der Waals surface area contributed by atoms with Crippen molar-refractivity contribution in [2.45, 2.75) is 64.0 Å². The lowest BCUT2D eigenvalue weighted by Gasteiger charge is -2.24. The molecular weight excluding hydrogens is 304 g/mol. The van der Waals surface area contributed by atoms with Crippen molar-refractivity contribution in [2.24, 2.45) is 4.99 Å². The van der Waals surface area contributed by atoms with Crippen molar-refractivity contribution in [1.82, 2.24) is 25.7 Å². The van der Waals surface area contributed by atoms with E-state index in [4.69, 9.17) is 4.52 Å². The molecule has 2 fully saturated rings. The van der Waals surface area contributed by atoms with Crippen LogP contribution in [-0.2, 0) is 6.42 Å². The van der Waals surface area contributed by atoms with Crippen LogP contribution in [-0.4, -0.2) is 59.8 Å². The Morgan fingerprint density at radius 1 is 1.33 bits per heavy atom. The molecule has 2 N–H and O–H groups in total. The molecule has 1 unspecified atom stereocenters. The second kappa shape index (κ2) is 8.46. The number of likely N-dealkylation sites (tertiary alicyclic amines) is 1. The number of aryl methyl sites for hydroxylation is 2. The minimum absolute atomic E-state index is 0.510. The summed E-state index contributed by atoms with van der Waals surface area (Å²) in [4.78, 5) is 11.2. The lowest BCUT2D eigenvalue weighted by atomic mass is 10.2. The maximum atomic E-state index is 5.13. The van der Waals surface area contributed by atoms with Gasteiger partial charge in [-0.3, -0.25) is 9.89 Å². The van der Waals surface area contributed by atoms with Crippen molar-refractivity contribution >= 4 is 5.96 Å². The lowest BCUT2D eigenvalue weighted by molar-refractivity contribution is 0.242. The Morgan fingerprint density at radius 3 is 2.88 bits per heavy atom. The van der Waals surface area contributed by atoms with Crippen molar-refractivity contribution in [2.75, 3.05) is 26.7 Å².